The third kappa shape index (κ3) is 4.59. The van der Waals surface area contributed by atoms with Crippen molar-refractivity contribution < 1.29 is 9.53 Å². The second-order valence-electron chi connectivity index (χ2n) is 5.96. The number of carbonyl (C=O) groups excluding carboxylic acids is 1. The Hall–Kier alpha value is -1.83. The SMILES string of the molecule is CCOC(=O)c1ccc(-c2ccc(C#C[Si](C)(C)C)cc2)s1. The topological polar surface area (TPSA) is 26.3 Å². The highest BCUT2D eigenvalue weighted by atomic mass is 32.1. The van der Waals surface area contributed by atoms with Gasteiger partial charge in [-0.1, -0.05) is 37.7 Å². The number of hydrogen-bond donors (Lipinski definition) is 0. The Morgan fingerprint density at radius 3 is 2.41 bits per heavy atom. The summed E-state index contributed by atoms with van der Waals surface area (Å²) in [6, 6.07) is 11.9. The largest absolute Gasteiger partial charge is 0.462 e. The number of esters is 1. The van der Waals surface area contributed by atoms with Crippen molar-refractivity contribution in [1.29, 1.82) is 0 Å². The first-order valence-corrected chi connectivity index (χ1v) is 11.6. The fraction of sp³-hybridized carbons (Fsp3) is 0.278. The molecular weight excluding hydrogens is 308 g/mol. The van der Waals surface area contributed by atoms with E-state index in [9.17, 15) is 4.79 Å². The molecule has 0 aliphatic rings. The average molecular weight is 329 g/mol. The van der Waals surface area contributed by atoms with E-state index >= 15 is 0 Å². The number of thiophene rings is 1. The van der Waals surface area contributed by atoms with Crippen molar-refractivity contribution in [3.05, 3.63) is 46.8 Å². The van der Waals surface area contributed by atoms with E-state index in [2.05, 4.69) is 43.2 Å². The molecule has 0 spiro atoms. The maximum absolute atomic E-state index is 11.7. The van der Waals surface area contributed by atoms with Gasteiger partial charge in [0.25, 0.3) is 0 Å². The molecule has 0 saturated heterocycles. The van der Waals surface area contributed by atoms with Crippen molar-refractivity contribution >= 4 is 25.4 Å². The molecule has 0 bridgehead atoms. The molecule has 0 saturated carbocycles. The minimum atomic E-state index is -1.35. The molecule has 1 aromatic carbocycles. The van der Waals surface area contributed by atoms with Crippen LogP contribution in [0.25, 0.3) is 10.4 Å². The lowest BCUT2D eigenvalue weighted by Gasteiger charge is -2.03. The molecule has 2 nitrogen and oxygen atoms in total. The van der Waals surface area contributed by atoms with Crippen LogP contribution in [-0.2, 0) is 4.74 Å². The van der Waals surface area contributed by atoms with Crippen LogP contribution in [0.15, 0.2) is 36.4 Å². The van der Waals surface area contributed by atoms with E-state index in [1.54, 1.807) is 0 Å². The first-order valence-electron chi connectivity index (χ1n) is 7.29. The summed E-state index contributed by atoms with van der Waals surface area (Å²) in [6.45, 7) is 8.91. The third-order valence-electron chi connectivity index (χ3n) is 2.83. The Labute approximate surface area is 137 Å². The molecule has 114 valence electrons. The molecule has 2 aromatic rings. The maximum Gasteiger partial charge on any atom is 0.348 e. The third-order valence-corrected chi connectivity index (χ3v) is 4.82. The molecule has 0 N–H and O–H groups in total. The van der Waals surface area contributed by atoms with Crippen molar-refractivity contribution in [3.8, 4) is 21.9 Å². The van der Waals surface area contributed by atoms with Gasteiger partial charge >= 0.3 is 5.97 Å². The zero-order chi connectivity index (χ0) is 16.2. The maximum atomic E-state index is 11.7. The first-order chi connectivity index (χ1) is 10.4. The van der Waals surface area contributed by atoms with Crippen LogP contribution in [0.2, 0.25) is 19.6 Å². The van der Waals surface area contributed by atoms with Crippen LogP contribution in [0.3, 0.4) is 0 Å². The van der Waals surface area contributed by atoms with E-state index < -0.39 is 8.07 Å². The van der Waals surface area contributed by atoms with Gasteiger partial charge in [-0.05, 0) is 36.8 Å². The van der Waals surface area contributed by atoms with Gasteiger partial charge in [0.15, 0.2) is 0 Å². The summed E-state index contributed by atoms with van der Waals surface area (Å²) in [5.74, 6) is 2.99. The number of carbonyl (C=O) groups is 1. The van der Waals surface area contributed by atoms with Crippen molar-refractivity contribution in [2.45, 2.75) is 26.6 Å². The lowest BCUT2D eigenvalue weighted by atomic mass is 10.1. The highest BCUT2D eigenvalue weighted by Gasteiger charge is 2.11. The smallest absolute Gasteiger partial charge is 0.348 e. The summed E-state index contributed by atoms with van der Waals surface area (Å²) in [6.07, 6.45) is 0. The van der Waals surface area contributed by atoms with Gasteiger partial charge in [-0.25, -0.2) is 4.79 Å². The number of ether oxygens (including phenoxy) is 1. The summed E-state index contributed by atoms with van der Waals surface area (Å²) >= 11 is 1.45. The van der Waals surface area contributed by atoms with Gasteiger partial charge in [0.1, 0.15) is 13.0 Å². The van der Waals surface area contributed by atoms with Crippen molar-refractivity contribution in [1.82, 2.24) is 0 Å². The van der Waals surface area contributed by atoms with Crippen molar-refractivity contribution in [3.63, 3.8) is 0 Å². The predicted molar refractivity (Wildman–Crippen MR) is 95.9 cm³/mol. The average Bonchev–Trinajstić information content (AvgIpc) is 2.95. The molecule has 4 heteroatoms. The first kappa shape index (κ1) is 16.5. The van der Waals surface area contributed by atoms with E-state index in [0.29, 0.717) is 11.5 Å². The molecule has 0 atom stereocenters. The molecule has 1 aromatic heterocycles. The molecule has 0 unspecified atom stereocenters. The highest BCUT2D eigenvalue weighted by molar-refractivity contribution is 7.17. The molecule has 0 amide bonds. The van der Waals surface area contributed by atoms with Crippen LogP contribution < -0.4 is 0 Å². The summed E-state index contributed by atoms with van der Waals surface area (Å²) in [5, 5.41) is 0. The Morgan fingerprint density at radius 2 is 1.82 bits per heavy atom. The van der Waals surface area contributed by atoms with Crippen LogP contribution in [0, 0.1) is 11.5 Å². The number of benzene rings is 1. The zero-order valence-corrected chi connectivity index (χ0v) is 15.2. The van der Waals surface area contributed by atoms with Crippen molar-refractivity contribution in [2.75, 3.05) is 6.61 Å². The zero-order valence-electron chi connectivity index (χ0n) is 13.4. The van der Waals surface area contributed by atoms with E-state index in [4.69, 9.17) is 4.74 Å². The van der Waals surface area contributed by atoms with Gasteiger partial charge in [0, 0.05) is 10.4 Å². The molecular formula is C18H20O2SSi. The number of hydrogen-bond acceptors (Lipinski definition) is 3. The van der Waals surface area contributed by atoms with E-state index in [0.717, 1.165) is 16.0 Å². The Morgan fingerprint density at radius 1 is 1.14 bits per heavy atom. The van der Waals surface area contributed by atoms with Gasteiger partial charge in [-0.3, -0.25) is 0 Å². The molecule has 0 radical (unpaired) electrons. The fourth-order valence-corrected chi connectivity index (χ4v) is 3.21. The Bertz CT molecular complexity index is 712. The van der Waals surface area contributed by atoms with Crippen LogP contribution >= 0.6 is 11.3 Å². The van der Waals surface area contributed by atoms with E-state index in [-0.39, 0.29) is 5.97 Å². The van der Waals surface area contributed by atoms with Crippen LogP contribution in [0.4, 0.5) is 0 Å². The van der Waals surface area contributed by atoms with Gasteiger partial charge in [-0.15, -0.1) is 16.9 Å². The molecule has 1 heterocycles. The quantitative estimate of drug-likeness (QED) is 0.459. The van der Waals surface area contributed by atoms with Crippen LogP contribution in [-0.4, -0.2) is 20.7 Å². The second-order valence-corrected chi connectivity index (χ2v) is 11.8. The lowest BCUT2D eigenvalue weighted by Crippen LogP contribution is -2.16. The van der Waals surface area contributed by atoms with E-state index in [1.165, 1.54) is 11.3 Å². The minimum Gasteiger partial charge on any atom is -0.462 e. The Kier molecular flexibility index (Phi) is 5.22. The molecule has 0 aliphatic heterocycles. The monoisotopic (exact) mass is 328 g/mol. The second kappa shape index (κ2) is 6.95. The lowest BCUT2D eigenvalue weighted by molar-refractivity contribution is 0.0532. The summed E-state index contributed by atoms with van der Waals surface area (Å²) in [5.41, 5.74) is 5.49. The highest BCUT2D eigenvalue weighted by Crippen LogP contribution is 2.28. The van der Waals surface area contributed by atoms with Gasteiger partial charge < -0.3 is 4.74 Å². The summed E-state index contributed by atoms with van der Waals surface area (Å²) < 4.78 is 5.02. The fourth-order valence-electron chi connectivity index (χ4n) is 1.78. The molecule has 2 rings (SSSR count). The number of rotatable bonds is 3. The molecule has 0 aliphatic carbocycles. The van der Waals surface area contributed by atoms with E-state index in [1.807, 2.05) is 31.2 Å². The normalized spacial score (nSPS) is 10.7. The van der Waals surface area contributed by atoms with Crippen LogP contribution in [0.1, 0.15) is 22.2 Å². The summed E-state index contributed by atoms with van der Waals surface area (Å²) in [7, 11) is -1.35. The summed E-state index contributed by atoms with van der Waals surface area (Å²) in [4.78, 5) is 13.4. The van der Waals surface area contributed by atoms with Gasteiger partial charge in [0.2, 0.25) is 0 Å². The van der Waals surface area contributed by atoms with Crippen molar-refractivity contribution in [2.24, 2.45) is 0 Å². The predicted octanol–water partition coefficient (Wildman–Crippen LogP) is 4.82. The van der Waals surface area contributed by atoms with Gasteiger partial charge in [-0.2, -0.15) is 0 Å². The molecule has 22 heavy (non-hydrogen) atoms. The Balaban J connectivity index is 2.17. The standard InChI is InChI=1S/C18H20O2SSi/c1-5-20-18(19)17-11-10-16(21-17)15-8-6-14(7-9-15)12-13-22(2,3)4/h6-11H,5H2,1-4H3. The van der Waals surface area contributed by atoms with Crippen LogP contribution in [0.5, 0.6) is 0 Å². The van der Waals surface area contributed by atoms with Gasteiger partial charge in [0.05, 0.1) is 6.61 Å². The minimum absolute atomic E-state index is 0.253. The molecule has 0 fully saturated rings.